The standard InChI is InChI=1S/C23H21F3N4O4/c1-3-28(4-2)18-16(20(31)29(22(18)33)13-15-11-8-12-34-15)17-19(23(24,25)26)27-30(21(17)32)14-9-6-5-7-10-14/h5-12,27H,3-4,13H2,1-2H3. The second-order valence-electron chi connectivity index (χ2n) is 7.51. The molecule has 1 aliphatic heterocycles. The van der Waals surface area contributed by atoms with Gasteiger partial charge in [0, 0.05) is 13.1 Å². The summed E-state index contributed by atoms with van der Waals surface area (Å²) in [6.45, 7) is 3.59. The van der Waals surface area contributed by atoms with E-state index in [4.69, 9.17) is 4.42 Å². The minimum absolute atomic E-state index is 0.151. The van der Waals surface area contributed by atoms with Crippen LogP contribution in [0.3, 0.4) is 0 Å². The first-order valence-electron chi connectivity index (χ1n) is 10.5. The van der Waals surface area contributed by atoms with Crippen LogP contribution in [0.5, 0.6) is 0 Å². The summed E-state index contributed by atoms with van der Waals surface area (Å²) in [7, 11) is 0. The molecule has 178 valence electrons. The van der Waals surface area contributed by atoms with Crippen molar-refractivity contribution in [3.63, 3.8) is 0 Å². The van der Waals surface area contributed by atoms with Crippen LogP contribution >= 0.6 is 0 Å². The molecular formula is C23H21F3N4O4. The largest absolute Gasteiger partial charge is 0.467 e. The first kappa shape index (κ1) is 23.1. The van der Waals surface area contributed by atoms with E-state index in [1.165, 1.54) is 29.4 Å². The summed E-state index contributed by atoms with van der Waals surface area (Å²) < 4.78 is 48.2. The number of hydrogen-bond acceptors (Lipinski definition) is 5. The van der Waals surface area contributed by atoms with Crippen molar-refractivity contribution in [2.75, 3.05) is 13.1 Å². The van der Waals surface area contributed by atoms with Crippen molar-refractivity contribution < 1.29 is 27.2 Å². The van der Waals surface area contributed by atoms with E-state index in [0.29, 0.717) is 0 Å². The summed E-state index contributed by atoms with van der Waals surface area (Å²) in [5, 5.41) is 2.10. The summed E-state index contributed by atoms with van der Waals surface area (Å²) in [5.74, 6) is -1.51. The molecule has 0 bridgehead atoms. The topological polar surface area (TPSA) is 91.6 Å². The number of para-hydroxylation sites is 1. The smallest absolute Gasteiger partial charge is 0.433 e. The molecule has 4 rings (SSSR count). The number of amides is 2. The van der Waals surface area contributed by atoms with Gasteiger partial charge in [0.05, 0.1) is 29.6 Å². The quantitative estimate of drug-likeness (QED) is 0.530. The number of hydrogen-bond donors (Lipinski definition) is 1. The van der Waals surface area contributed by atoms with E-state index in [1.54, 1.807) is 38.1 Å². The van der Waals surface area contributed by atoms with Crippen LogP contribution in [0.25, 0.3) is 11.3 Å². The zero-order chi connectivity index (χ0) is 24.6. The Morgan fingerprint density at radius 3 is 2.21 bits per heavy atom. The van der Waals surface area contributed by atoms with Crippen LogP contribution in [-0.2, 0) is 22.3 Å². The maximum Gasteiger partial charge on any atom is 0.433 e. The van der Waals surface area contributed by atoms with Crippen LogP contribution in [0.2, 0.25) is 0 Å². The number of benzene rings is 1. The van der Waals surface area contributed by atoms with Crippen LogP contribution in [0.4, 0.5) is 13.2 Å². The molecule has 0 saturated carbocycles. The number of aromatic amines is 1. The number of imide groups is 1. The Morgan fingerprint density at radius 2 is 1.65 bits per heavy atom. The van der Waals surface area contributed by atoms with Gasteiger partial charge in [0.25, 0.3) is 17.4 Å². The Kier molecular flexibility index (Phi) is 5.94. The second-order valence-corrected chi connectivity index (χ2v) is 7.51. The third-order valence-corrected chi connectivity index (χ3v) is 5.56. The van der Waals surface area contributed by atoms with E-state index in [-0.39, 0.29) is 36.8 Å². The van der Waals surface area contributed by atoms with Gasteiger partial charge in [-0.2, -0.15) is 13.2 Å². The fraction of sp³-hybridized carbons (Fsp3) is 0.261. The zero-order valence-corrected chi connectivity index (χ0v) is 18.3. The molecule has 1 aliphatic rings. The lowest BCUT2D eigenvalue weighted by atomic mass is 10.0. The van der Waals surface area contributed by atoms with Crippen molar-refractivity contribution in [3.8, 4) is 5.69 Å². The van der Waals surface area contributed by atoms with Gasteiger partial charge in [-0.3, -0.25) is 24.4 Å². The summed E-state index contributed by atoms with van der Waals surface area (Å²) in [6, 6.07) is 10.8. The van der Waals surface area contributed by atoms with Gasteiger partial charge >= 0.3 is 6.18 Å². The predicted octanol–water partition coefficient (Wildman–Crippen LogP) is 3.40. The highest BCUT2D eigenvalue weighted by Gasteiger charge is 2.48. The average Bonchev–Trinajstić information content (AvgIpc) is 3.50. The normalized spacial score (nSPS) is 14.4. The first-order chi connectivity index (χ1) is 16.2. The Balaban J connectivity index is 1.97. The number of H-pyrrole nitrogens is 1. The lowest BCUT2D eigenvalue weighted by Gasteiger charge is -2.22. The van der Waals surface area contributed by atoms with E-state index in [2.05, 4.69) is 5.10 Å². The molecule has 1 aromatic carbocycles. The lowest BCUT2D eigenvalue weighted by Crippen LogP contribution is -2.34. The molecule has 0 aliphatic carbocycles. The van der Waals surface area contributed by atoms with Gasteiger partial charge in [0.15, 0.2) is 5.69 Å². The summed E-state index contributed by atoms with van der Waals surface area (Å²) in [5.41, 5.74) is -4.05. The molecule has 34 heavy (non-hydrogen) atoms. The maximum absolute atomic E-state index is 14.1. The van der Waals surface area contributed by atoms with E-state index in [0.717, 1.165) is 9.58 Å². The number of furan rings is 1. The molecule has 2 aromatic heterocycles. The maximum atomic E-state index is 14.1. The van der Waals surface area contributed by atoms with Crippen LogP contribution in [-0.4, -0.2) is 44.5 Å². The molecular weight excluding hydrogens is 453 g/mol. The zero-order valence-electron chi connectivity index (χ0n) is 18.3. The predicted molar refractivity (Wildman–Crippen MR) is 115 cm³/mol. The number of aromatic nitrogens is 2. The average molecular weight is 474 g/mol. The molecule has 3 heterocycles. The minimum atomic E-state index is -4.99. The SMILES string of the molecule is CCN(CC)C1=C(c2c(C(F)(F)F)[nH]n(-c3ccccc3)c2=O)C(=O)N(Cc2ccco2)C1=O. The van der Waals surface area contributed by atoms with E-state index in [9.17, 15) is 27.6 Å². The van der Waals surface area contributed by atoms with Crippen LogP contribution < -0.4 is 5.56 Å². The molecule has 8 nitrogen and oxygen atoms in total. The molecule has 0 radical (unpaired) electrons. The van der Waals surface area contributed by atoms with Crippen molar-refractivity contribution in [2.45, 2.75) is 26.6 Å². The fourth-order valence-corrected chi connectivity index (χ4v) is 3.96. The minimum Gasteiger partial charge on any atom is -0.467 e. The van der Waals surface area contributed by atoms with Crippen LogP contribution in [0, 0.1) is 0 Å². The Bertz CT molecular complexity index is 1300. The van der Waals surface area contributed by atoms with Crippen LogP contribution in [0.15, 0.2) is 63.6 Å². The number of halogens is 3. The number of carbonyl (C=O) groups is 2. The van der Waals surface area contributed by atoms with Gasteiger partial charge < -0.3 is 9.32 Å². The number of nitrogens with one attached hydrogen (secondary N) is 1. The number of carbonyl (C=O) groups excluding carboxylic acids is 2. The Hall–Kier alpha value is -4.02. The van der Waals surface area contributed by atoms with Crippen molar-refractivity contribution in [2.24, 2.45) is 0 Å². The van der Waals surface area contributed by atoms with Gasteiger partial charge in [-0.25, -0.2) is 4.68 Å². The number of likely N-dealkylation sites (N-methyl/N-ethyl adjacent to an activating group) is 1. The van der Waals surface area contributed by atoms with Gasteiger partial charge in [0.2, 0.25) is 0 Å². The van der Waals surface area contributed by atoms with E-state index < -0.39 is 40.4 Å². The molecule has 3 aromatic rings. The highest BCUT2D eigenvalue weighted by Crippen LogP contribution is 2.38. The van der Waals surface area contributed by atoms with Gasteiger partial charge in [-0.15, -0.1) is 0 Å². The number of nitrogens with zero attached hydrogens (tertiary/aromatic N) is 3. The molecule has 0 unspecified atom stereocenters. The Morgan fingerprint density at radius 1 is 0.971 bits per heavy atom. The molecule has 0 saturated heterocycles. The molecule has 0 fully saturated rings. The van der Waals surface area contributed by atoms with Gasteiger partial charge in [0.1, 0.15) is 11.5 Å². The van der Waals surface area contributed by atoms with E-state index in [1.807, 2.05) is 0 Å². The van der Waals surface area contributed by atoms with Crippen molar-refractivity contribution in [1.82, 2.24) is 19.6 Å². The van der Waals surface area contributed by atoms with Crippen molar-refractivity contribution in [3.05, 3.63) is 81.8 Å². The number of alkyl halides is 3. The molecule has 1 N–H and O–H groups in total. The molecule has 11 heteroatoms. The molecule has 0 spiro atoms. The summed E-state index contributed by atoms with van der Waals surface area (Å²) in [6.07, 6.45) is -3.64. The third-order valence-electron chi connectivity index (χ3n) is 5.56. The van der Waals surface area contributed by atoms with Gasteiger partial charge in [-0.1, -0.05) is 18.2 Å². The third kappa shape index (κ3) is 3.82. The van der Waals surface area contributed by atoms with E-state index >= 15 is 0 Å². The highest BCUT2D eigenvalue weighted by atomic mass is 19.4. The Labute approximate surface area is 191 Å². The van der Waals surface area contributed by atoms with Crippen LogP contribution in [0.1, 0.15) is 30.9 Å². The number of rotatable bonds is 7. The monoisotopic (exact) mass is 474 g/mol. The van der Waals surface area contributed by atoms with Gasteiger partial charge in [-0.05, 0) is 38.1 Å². The molecule has 2 amide bonds. The molecule has 0 atom stereocenters. The first-order valence-corrected chi connectivity index (χ1v) is 10.5. The van der Waals surface area contributed by atoms with Crippen molar-refractivity contribution >= 4 is 17.4 Å². The summed E-state index contributed by atoms with van der Waals surface area (Å²) in [4.78, 5) is 42.3. The lowest BCUT2D eigenvalue weighted by molar-refractivity contribution is -0.141. The second kappa shape index (κ2) is 8.73. The van der Waals surface area contributed by atoms with Crippen molar-refractivity contribution in [1.29, 1.82) is 0 Å². The fourth-order valence-electron chi connectivity index (χ4n) is 3.96. The summed E-state index contributed by atoms with van der Waals surface area (Å²) >= 11 is 0. The highest BCUT2D eigenvalue weighted by molar-refractivity contribution is 6.35.